The second-order valence-electron chi connectivity index (χ2n) is 11.4. The van der Waals surface area contributed by atoms with Crippen LogP contribution in [0.2, 0.25) is 0 Å². The van der Waals surface area contributed by atoms with E-state index in [2.05, 4.69) is 17.2 Å². The second-order valence-corrected chi connectivity index (χ2v) is 11.4. The molecular formula is C31H36N6O4. The summed E-state index contributed by atoms with van der Waals surface area (Å²) in [6, 6.07) is 13.8. The molecule has 1 atom stereocenters. The summed E-state index contributed by atoms with van der Waals surface area (Å²) in [7, 11) is 1.60. The molecule has 1 unspecified atom stereocenters. The van der Waals surface area contributed by atoms with Crippen LogP contribution in [0.3, 0.4) is 0 Å². The molecule has 2 aromatic carbocycles. The molecule has 0 bridgehead atoms. The van der Waals surface area contributed by atoms with Crippen LogP contribution in [-0.4, -0.2) is 49.7 Å². The molecular weight excluding hydrogens is 520 g/mol. The Morgan fingerprint density at radius 3 is 2.63 bits per heavy atom. The van der Waals surface area contributed by atoms with E-state index in [0.717, 1.165) is 29.2 Å². The molecule has 3 heterocycles. The van der Waals surface area contributed by atoms with E-state index in [9.17, 15) is 14.4 Å². The number of hydrogen-bond donors (Lipinski definition) is 1. The van der Waals surface area contributed by atoms with Crippen molar-refractivity contribution >= 4 is 33.8 Å². The monoisotopic (exact) mass is 556 g/mol. The zero-order chi connectivity index (χ0) is 29.3. The fourth-order valence-corrected chi connectivity index (χ4v) is 5.40. The molecule has 1 aliphatic rings. The van der Waals surface area contributed by atoms with E-state index in [-0.39, 0.29) is 41.3 Å². The third kappa shape index (κ3) is 5.71. The van der Waals surface area contributed by atoms with Crippen LogP contribution in [0.1, 0.15) is 46.1 Å². The van der Waals surface area contributed by atoms with Gasteiger partial charge >= 0.3 is 6.09 Å². The van der Waals surface area contributed by atoms with E-state index in [1.165, 1.54) is 9.36 Å². The molecule has 10 heteroatoms. The van der Waals surface area contributed by atoms with Gasteiger partial charge < -0.3 is 15.0 Å². The summed E-state index contributed by atoms with van der Waals surface area (Å²) < 4.78 is 10.0. The highest BCUT2D eigenvalue weighted by molar-refractivity contribution is 5.85. The highest BCUT2D eigenvalue weighted by atomic mass is 16.6. The van der Waals surface area contributed by atoms with Crippen molar-refractivity contribution in [3.8, 4) is 11.8 Å². The molecule has 1 aliphatic heterocycles. The van der Waals surface area contributed by atoms with Crippen LogP contribution in [0.15, 0.2) is 52.1 Å². The highest BCUT2D eigenvalue weighted by Crippen LogP contribution is 2.24. The average Bonchev–Trinajstić information content (AvgIpc) is 3.32. The summed E-state index contributed by atoms with van der Waals surface area (Å²) in [5, 5.41) is 5.04. The highest BCUT2D eigenvalue weighted by Gasteiger charge is 2.29. The molecule has 1 N–H and O–H groups in total. The van der Waals surface area contributed by atoms with E-state index >= 15 is 0 Å². The zero-order valence-corrected chi connectivity index (χ0v) is 24.2. The van der Waals surface area contributed by atoms with Crippen LogP contribution < -0.4 is 21.3 Å². The third-order valence-corrected chi connectivity index (χ3v) is 7.28. The van der Waals surface area contributed by atoms with Crippen molar-refractivity contribution < 1.29 is 9.53 Å². The Bertz CT molecular complexity index is 1790. The molecule has 10 nitrogen and oxygen atoms in total. The van der Waals surface area contributed by atoms with E-state index in [4.69, 9.17) is 9.72 Å². The zero-order valence-electron chi connectivity index (χ0n) is 24.2. The molecule has 1 amide bonds. The summed E-state index contributed by atoms with van der Waals surface area (Å²) in [5.41, 5.74) is 0.00952. The van der Waals surface area contributed by atoms with Crippen molar-refractivity contribution in [3.05, 3.63) is 68.7 Å². The van der Waals surface area contributed by atoms with Crippen molar-refractivity contribution in [1.82, 2.24) is 24.2 Å². The van der Waals surface area contributed by atoms with Crippen molar-refractivity contribution in [3.63, 3.8) is 0 Å². The first-order valence-corrected chi connectivity index (χ1v) is 13.9. The summed E-state index contributed by atoms with van der Waals surface area (Å²) in [4.78, 5) is 46.8. The lowest BCUT2D eigenvalue weighted by Crippen LogP contribution is -2.49. The number of imidazole rings is 1. The van der Waals surface area contributed by atoms with Gasteiger partial charge in [-0.1, -0.05) is 48.4 Å². The Morgan fingerprint density at radius 1 is 1.12 bits per heavy atom. The SMILES string of the molecule is CC#CCn1c(N2CCCC(NC(=O)OC(C)(C)C)C2)nc2c(=O)n(C)n(Cc3cccc4ccccc34)c(=O)c21. The number of carbonyl (C=O) groups excluding carboxylic acids is 1. The molecule has 4 aromatic rings. The van der Waals surface area contributed by atoms with Gasteiger partial charge in [-0.25, -0.2) is 19.1 Å². The molecule has 5 rings (SSSR count). The Morgan fingerprint density at radius 2 is 1.88 bits per heavy atom. The number of piperidine rings is 1. The van der Waals surface area contributed by atoms with Crippen molar-refractivity contribution in [2.24, 2.45) is 7.05 Å². The number of hydrogen-bond acceptors (Lipinski definition) is 6. The maximum atomic E-state index is 14.1. The van der Waals surface area contributed by atoms with Gasteiger partial charge in [-0.05, 0) is 56.9 Å². The van der Waals surface area contributed by atoms with Crippen LogP contribution in [0, 0.1) is 11.8 Å². The lowest BCUT2D eigenvalue weighted by atomic mass is 10.0. The Hall–Kier alpha value is -4.52. The van der Waals surface area contributed by atoms with Gasteiger partial charge in [0.1, 0.15) is 11.1 Å². The van der Waals surface area contributed by atoms with Crippen LogP contribution in [0.4, 0.5) is 10.7 Å². The number of rotatable bonds is 5. The summed E-state index contributed by atoms with van der Waals surface area (Å²) in [6.07, 6.45) is 1.11. The largest absolute Gasteiger partial charge is 0.444 e. The van der Waals surface area contributed by atoms with Gasteiger partial charge in [0, 0.05) is 26.2 Å². The van der Waals surface area contributed by atoms with Gasteiger partial charge in [-0.3, -0.25) is 14.2 Å². The van der Waals surface area contributed by atoms with Gasteiger partial charge in [0.25, 0.3) is 11.1 Å². The van der Waals surface area contributed by atoms with Crippen LogP contribution in [0.25, 0.3) is 21.8 Å². The third-order valence-electron chi connectivity index (χ3n) is 7.28. The summed E-state index contributed by atoms with van der Waals surface area (Å²) in [5.74, 6) is 6.44. The first-order chi connectivity index (χ1) is 19.6. The maximum absolute atomic E-state index is 14.1. The molecule has 1 saturated heterocycles. The second kappa shape index (κ2) is 11.2. The van der Waals surface area contributed by atoms with E-state index < -0.39 is 11.7 Å². The van der Waals surface area contributed by atoms with Crippen molar-refractivity contribution in [2.45, 2.75) is 65.3 Å². The predicted octanol–water partition coefficient (Wildman–Crippen LogP) is 3.62. The number of aromatic nitrogens is 4. The molecule has 214 valence electrons. The minimum atomic E-state index is -0.600. The number of alkyl carbamates (subject to hydrolysis) is 1. The minimum absolute atomic E-state index is 0.113. The standard InChI is InChI=1S/C31H36N6O4/c1-6-7-18-36-26-25(33-29(36)35-17-11-15-23(20-35)32-30(40)41-31(2,3)4)27(38)34(5)37(28(26)39)19-22-14-10-13-21-12-8-9-16-24(21)22/h8-10,12-14,16,23H,11,15,17-20H2,1-5H3,(H,32,40). The Kier molecular flexibility index (Phi) is 7.63. The number of carbonyl (C=O) groups is 1. The average molecular weight is 557 g/mol. The maximum Gasteiger partial charge on any atom is 0.407 e. The number of fused-ring (bicyclic) bond motifs is 2. The van der Waals surface area contributed by atoms with Crippen LogP contribution >= 0.6 is 0 Å². The van der Waals surface area contributed by atoms with Gasteiger partial charge in [0.05, 0.1) is 13.1 Å². The van der Waals surface area contributed by atoms with E-state index in [0.29, 0.717) is 19.0 Å². The number of anilines is 1. The Labute approximate surface area is 238 Å². The number of nitrogens with zero attached hydrogens (tertiary/aromatic N) is 5. The van der Waals surface area contributed by atoms with Gasteiger partial charge in [0.2, 0.25) is 5.95 Å². The van der Waals surface area contributed by atoms with E-state index in [1.54, 1.807) is 18.5 Å². The molecule has 0 saturated carbocycles. The lowest BCUT2D eigenvalue weighted by Gasteiger charge is -2.34. The molecule has 1 fully saturated rings. The molecule has 0 spiro atoms. The number of amides is 1. The lowest BCUT2D eigenvalue weighted by molar-refractivity contribution is 0.0499. The first kappa shape index (κ1) is 28.0. The van der Waals surface area contributed by atoms with Crippen LogP contribution in [0.5, 0.6) is 0 Å². The van der Waals surface area contributed by atoms with Gasteiger partial charge in [-0.2, -0.15) is 0 Å². The smallest absolute Gasteiger partial charge is 0.407 e. The minimum Gasteiger partial charge on any atom is -0.444 e. The van der Waals surface area contributed by atoms with Crippen LogP contribution in [-0.2, 0) is 24.9 Å². The van der Waals surface area contributed by atoms with Crippen molar-refractivity contribution in [1.29, 1.82) is 0 Å². The molecule has 2 aromatic heterocycles. The molecule has 41 heavy (non-hydrogen) atoms. The topological polar surface area (TPSA) is 103 Å². The summed E-state index contributed by atoms with van der Waals surface area (Å²) in [6.45, 7) is 8.78. The van der Waals surface area contributed by atoms with Gasteiger partial charge in [0.15, 0.2) is 5.52 Å². The number of nitrogens with one attached hydrogen (secondary N) is 1. The van der Waals surface area contributed by atoms with Crippen molar-refractivity contribution in [2.75, 3.05) is 18.0 Å². The molecule has 0 radical (unpaired) electrons. The molecule has 0 aliphatic carbocycles. The normalized spacial score (nSPS) is 15.5. The fourth-order valence-electron chi connectivity index (χ4n) is 5.40. The predicted molar refractivity (Wildman–Crippen MR) is 160 cm³/mol. The first-order valence-electron chi connectivity index (χ1n) is 13.9. The number of ether oxygens (including phenoxy) is 1. The Balaban J connectivity index is 1.56. The van der Waals surface area contributed by atoms with Gasteiger partial charge in [-0.15, -0.1) is 5.92 Å². The summed E-state index contributed by atoms with van der Waals surface area (Å²) >= 11 is 0. The quantitative estimate of drug-likeness (QED) is 0.377. The fraction of sp³-hybridized carbons (Fsp3) is 0.419. The van der Waals surface area contributed by atoms with E-state index in [1.807, 2.05) is 68.1 Å². The number of benzene rings is 2.